The van der Waals surface area contributed by atoms with Gasteiger partial charge in [0.05, 0.1) is 0 Å². The Morgan fingerprint density at radius 2 is 2.41 bits per heavy atom. The molecule has 0 amide bonds. The van der Waals surface area contributed by atoms with Crippen LogP contribution in [0.3, 0.4) is 0 Å². The van der Waals surface area contributed by atoms with Crippen molar-refractivity contribution in [3.63, 3.8) is 0 Å². The minimum absolute atomic E-state index is 0.764. The summed E-state index contributed by atoms with van der Waals surface area (Å²) in [5.41, 5.74) is 0. The van der Waals surface area contributed by atoms with Gasteiger partial charge in [-0.15, -0.1) is 0 Å². The maximum Gasteiger partial charge on any atom is 0.205 e. The number of rotatable bonds is 5. The lowest BCUT2D eigenvalue weighted by molar-refractivity contribution is 0.396. The molecule has 0 bridgehead atoms. The summed E-state index contributed by atoms with van der Waals surface area (Å²) < 4.78 is 2.28. The van der Waals surface area contributed by atoms with Crippen molar-refractivity contribution in [2.24, 2.45) is 5.92 Å². The number of piperidine rings is 1. The zero-order valence-corrected chi connectivity index (χ0v) is 11.0. The van der Waals surface area contributed by atoms with Crippen LogP contribution in [0.5, 0.6) is 0 Å². The Kier molecular flexibility index (Phi) is 4.42. The summed E-state index contributed by atoms with van der Waals surface area (Å²) in [6, 6.07) is 0. The van der Waals surface area contributed by atoms with Gasteiger partial charge in [0, 0.05) is 32.0 Å². The van der Waals surface area contributed by atoms with E-state index in [-0.39, 0.29) is 0 Å². The normalized spacial score (nSPS) is 20.8. The van der Waals surface area contributed by atoms with E-state index in [1.54, 1.807) is 0 Å². The van der Waals surface area contributed by atoms with Gasteiger partial charge < -0.3 is 14.8 Å². The number of aryl methyl sites for hydroxylation is 1. The lowest BCUT2D eigenvalue weighted by Gasteiger charge is -2.33. The van der Waals surface area contributed by atoms with E-state index >= 15 is 0 Å². The number of hydrogen-bond donors (Lipinski definition) is 1. The highest BCUT2D eigenvalue weighted by Crippen LogP contribution is 2.21. The Balaban J connectivity index is 2.02. The third-order valence-corrected chi connectivity index (χ3v) is 3.45. The fraction of sp³-hybridized carbons (Fsp3) is 0.769. The molecule has 96 valence electrons. The first-order valence-electron chi connectivity index (χ1n) is 6.75. The molecular formula is C13H24N4. The lowest BCUT2D eigenvalue weighted by atomic mass is 9.98. The van der Waals surface area contributed by atoms with E-state index in [4.69, 9.17) is 0 Å². The van der Waals surface area contributed by atoms with Gasteiger partial charge in [-0.25, -0.2) is 4.98 Å². The fourth-order valence-electron chi connectivity index (χ4n) is 2.70. The standard InChI is InChI=1S/C13H24N4/c1-3-7-16-9-6-15-13(16)17-8-4-5-12(11-17)10-14-2/h6,9,12,14H,3-5,7-8,10-11H2,1-2H3. The molecule has 1 unspecified atom stereocenters. The maximum atomic E-state index is 4.52. The van der Waals surface area contributed by atoms with E-state index < -0.39 is 0 Å². The summed E-state index contributed by atoms with van der Waals surface area (Å²) in [7, 11) is 2.04. The second-order valence-electron chi connectivity index (χ2n) is 4.93. The second kappa shape index (κ2) is 6.05. The Morgan fingerprint density at radius 3 is 3.18 bits per heavy atom. The van der Waals surface area contributed by atoms with Crippen LogP contribution >= 0.6 is 0 Å². The molecule has 0 spiro atoms. The zero-order valence-electron chi connectivity index (χ0n) is 11.0. The summed E-state index contributed by atoms with van der Waals surface area (Å²) in [4.78, 5) is 6.97. The predicted molar refractivity (Wildman–Crippen MR) is 71.4 cm³/mol. The molecule has 0 radical (unpaired) electrons. The first kappa shape index (κ1) is 12.4. The van der Waals surface area contributed by atoms with Crippen LogP contribution in [0.15, 0.2) is 12.4 Å². The number of nitrogens with one attached hydrogen (secondary N) is 1. The zero-order chi connectivity index (χ0) is 12.1. The molecule has 1 aromatic rings. The largest absolute Gasteiger partial charge is 0.342 e. The first-order chi connectivity index (χ1) is 8.35. The molecule has 1 aliphatic heterocycles. The van der Waals surface area contributed by atoms with E-state index in [9.17, 15) is 0 Å². The molecule has 0 saturated carbocycles. The summed E-state index contributed by atoms with van der Waals surface area (Å²) in [5.74, 6) is 1.92. The van der Waals surface area contributed by atoms with Crippen molar-refractivity contribution in [3.05, 3.63) is 12.4 Å². The predicted octanol–water partition coefficient (Wildman–Crippen LogP) is 1.73. The monoisotopic (exact) mass is 236 g/mol. The molecule has 0 aromatic carbocycles. The number of nitrogens with zero attached hydrogens (tertiary/aromatic N) is 3. The Labute approximate surface area is 104 Å². The second-order valence-corrected chi connectivity index (χ2v) is 4.93. The lowest BCUT2D eigenvalue weighted by Crippen LogP contribution is -2.40. The molecule has 4 heteroatoms. The Bertz CT molecular complexity index is 332. The molecule has 1 saturated heterocycles. The third kappa shape index (κ3) is 3.00. The highest BCUT2D eigenvalue weighted by Gasteiger charge is 2.22. The van der Waals surface area contributed by atoms with Gasteiger partial charge in [-0.05, 0) is 38.8 Å². The van der Waals surface area contributed by atoms with Crippen molar-refractivity contribution >= 4 is 5.95 Å². The first-order valence-corrected chi connectivity index (χ1v) is 6.75. The van der Waals surface area contributed by atoms with E-state index in [0.717, 1.165) is 44.5 Å². The van der Waals surface area contributed by atoms with Crippen LogP contribution in [0.4, 0.5) is 5.95 Å². The van der Waals surface area contributed by atoms with Crippen molar-refractivity contribution in [1.82, 2.24) is 14.9 Å². The van der Waals surface area contributed by atoms with Crippen molar-refractivity contribution in [2.45, 2.75) is 32.7 Å². The molecule has 1 N–H and O–H groups in total. The van der Waals surface area contributed by atoms with Crippen molar-refractivity contribution in [2.75, 3.05) is 31.6 Å². The average Bonchev–Trinajstić information content (AvgIpc) is 2.79. The van der Waals surface area contributed by atoms with E-state index in [0.29, 0.717) is 0 Å². The van der Waals surface area contributed by atoms with Crippen LogP contribution < -0.4 is 10.2 Å². The molecule has 2 heterocycles. The molecule has 17 heavy (non-hydrogen) atoms. The summed E-state index contributed by atoms with van der Waals surface area (Å²) in [5, 5.41) is 3.29. The number of anilines is 1. The van der Waals surface area contributed by atoms with Crippen LogP contribution in [0.25, 0.3) is 0 Å². The van der Waals surface area contributed by atoms with Crippen LogP contribution in [0.2, 0.25) is 0 Å². The SMILES string of the molecule is CCCn1ccnc1N1CCCC(CNC)C1. The Morgan fingerprint density at radius 1 is 1.53 bits per heavy atom. The van der Waals surface area contributed by atoms with E-state index in [1.807, 2.05) is 13.2 Å². The molecule has 2 rings (SSSR count). The van der Waals surface area contributed by atoms with Gasteiger partial charge in [0.15, 0.2) is 0 Å². The van der Waals surface area contributed by atoms with Gasteiger partial charge in [0.1, 0.15) is 0 Å². The Hall–Kier alpha value is -1.03. The van der Waals surface area contributed by atoms with Crippen molar-refractivity contribution in [1.29, 1.82) is 0 Å². The molecule has 1 aliphatic rings. The number of aromatic nitrogens is 2. The minimum atomic E-state index is 0.764. The van der Waals surface area contributed by atoms with Gasteiger partial charge in [-0.1, -0.05) is 6.92 Å². The molecule has 1 aromatic heterocycles. The van der Waals surface area contributed by atoms with E-state index in [2.05, 4.69) is 32.9 Å². The van der Waals surface area contributed by atoms with Gasteiger partial charge in [0.25, 0.3) is 0 Å². The molecule has 4 nitrogen and oxygen atoms in total. The van der Waals surface area contributed by atoms with E-state index in [1.165, 1.54) is 12.8 Å². The van der Waals surface area contributed by atoms with Crippen LogP contribution in [-0.2, 0) is 6.54 Å². The topological polar surface area (TPSA) is 33.1 Å². The molecular weight excluding hydrogens is 212 g/mol. The molecule has 1 atom stereocenters. The highest BCUT2D eigenvalue weighted by molar-refractivity contribution is 5.32. The fourth-order valence-corrected chi connectivity index (χ4v) is 2.70. The number of imidazole rings is 1. The number of hydrogen-bond acceptors (Lipinski definition) is 3. The summed E-state index contributed by atoms with van der Waals surface area (Å²) in [6.45, 7) is 6.69. The maximum absolute atomic E-state index is 4.52. The van der Waals surface area contributed by atoms with Crippen LogP contribution in [0, 0.1) is 5.92 Å². The van der Waals surface area contributed by atoms with Gasteiger partial charge in [-0.2, -0.15) is 0 Å². The summed E-state index contributed by atoms with van der Waals surface area (Å²) in [6.07, 6.45) is 7.81. The van der Waals surface area contributed by atoms with Crippen LogP contribution in [-0.4, -0.2) is 36.2 Å². The quantitative estimate of drug-likeness (QED) is 0.845. The summed E-state index contributed by atoms with van der Waals surface area (Å²) >= 11 is 0. The van der Waals surface area contributed by atoms with Crippen molar-refractivity contribution in [3.8, 4) is 0 Å². The molecule has 0 aliphatic carbocycles. The van der Waals surface area contributed by atoms with Crippen LogP contribution in [0.1, 0.15) is 26.2 Å². The molecule has 1 fully saturated rings. The van der Waals surface area contributed by atoms with Gasteiger partial charge in [0.2, 0.25) is 5.95 Å². The van der Waals surface area contributed by atoms with Gasteiger partial charge in [-0.3, -0.25) is 0 Å². The van der Waals surface area contributed by atoms with Gasteiger partial charge >= 0.3 is 0 Å². The smallest absolute Gasteiger partial charge is 0.205 e. The minimum Gasteiger partial charge on any atom is -0.342 e. The third-order valence-electron chi connectivity index (χ3n) is 3.45. The van der Waals surface area contributed by atoms with Crippen molar-refractivity contribution < 1.29 is 0 Å². The highest BCUT2D eigenvalue weighted by atomic mass is 15.3. The average molecular weight is 236 g/mol.